The number of benzene rings is 1. The maximum absolute atomic E-state index is 5.19. The smallest absolute Gasteiger partial charge is 0.118 e. The highest BCUT2D eigenvalue weighted by molar-refractivity contribution is 5.27. The molecule has 0 radical (unpaired) electrons. The van der Waals surface area contributed by atoms with Gasteiger partial charge in [0.25, 0.3) is 0 Å². The Bertz CT molecular complexity index is 384. The van der Waals surface area contributed by atoms with Crippen molar-refractivity contribution >= 4 is 0 Å². The first-order chi connectivity index (χ1) is 9.69. The zero-order chi connectivity index (χ0) is 14.4. The van der Waals surface area contributed by atoms with E-state index in [1.165, 1.54) is 37.9 Å². The lowest BCUT2D eigenvalue weighted by atomic mass is 10.0. The van der Waals surface area contributed by atoms with E-state index in [1.807, 2.05) is 12.1 Å². The molecule has 3 heteroatoms. The van der Waals surface area contributed by atoms with Crippen LogP contribution in [0.4, 0.5) is 0 Å². The second-order valence-corrected chi connectivity index (χ2v) is 5.97. The topological polar surface area (TPSA) is 24.5 Å². The molecule has 2 rings (SSSR count). The first-order valence-electron chi connectivity index (χ1n) is 7.75. The molecule has 1 saturated heterocycles. The molecule has 0 saturated carbocycles. The van der Waals surface area contributed by atoms with E-state index in [4.69, 9.17) is 4.74 Å². The highest BCUT2D eigenvalue weighted by Gasteiger charge is 2.18. The number of aryl methyl sites for hydroxylation is 1. The molecule has 1 heterocycles. The van der Waals surface area contributed by atoms with Crippen LogP contribution in [-0.4, -0.2) is 44.2 Å². The van der Waals surface area contributed by atoms with Gasteiger partial charge in [0.1, 0.15) is 5.75 Å². The molecule has 2 atom stereocenters. The Balaban J connectivity index is 1.73. The van der Waals surface area contributed by atoms with Gasteiger partial charge in [0.05, 0.1) is 7.11 Å². The summed E-state index contributed by atoms with van der Waals surface area (Å²) in [6.07, 6.45) is 5.00. The summed E-state index contributed by atoms with van der Waals surface area (Å²) in [7, 11) is 3.96. The third-order valence-corrected chi connectivity index (χ3v) is 4.43. The van der Waals surface area contributed by atoms with Gasteiger partial charge < -0.3 is 15.0 Å². The Morgan fingerprint density at radius 1 is 1.35 bits per heavy atom. The molecule has 0 aromatic heterocycles. The van der Waals surface area contributed by atoms with Gasteiger partial charge in [-0.25, -0.2) is 0 Å². The fourth-order valence-corrected chi connectivity index (χ4v) is 2.83. The monoisotopic (exact) mass is 276 g/mol. The van der Waals surface area contributed by atoms with Crippen molar-refractivity contribution in [2.45, 2.75) is 44.7 Å². The molecule has 1 aromatic rings. The number of likely N-dealkylation sites (N-methyl/N-ethyl adjacent to an activating group) is 1. The standard InChI is InChI=1S/C17H28N2O/c1-14(19(2)13-16-5-4-12-18-16)6-7-15-8-10-17(20-3)11-9-15/h8-11,14,16,18H,4-7,12-13H2,1-3H3. The normalized spacial score (nSPS) is 20.3. The van der Waals surface area contributed by atoms with Crippen LogP contribution in [0.15, 0.2) is 24.3 Å². The van der Waals surface area contributed by atoms with Crippen LogP contribution in [0.3, 0.4) is 0 Å². The zero-order valence-corrected chi connectivity index (χ0v) is 13.1. The number of hydrogen-bond acceptors (Lipinski definition) is 3. The molecule has 0 spiro atoms. The van der Waals surface area contributed by atoms with Crippen LogP contribution in [0.25, 0.3) is 0 Å². The van der Waals surface area contributed by atoms with Crippen molar-refractivity contribution in [3.63, 3.8) is 0 Å². The van der Waals surface area contributed by atoms with E-state index >= 15 is 0 Å². The predicted molar refractivity (Wildman–Crippen MR) is 84.4 cm³/mol. The van der Waals surface area contributed by atoms with Gasteiger partial charge in [0, 0.05) is 18.6 Å². The van der Waals surface area contributed by atoms with Gasteiger partial charge in [0.2, 0.25) is 0 Å². The van der Waals surface area contributed by atoms with Gasteiger partial charge in [-0.1, -0.05) is 12.1 Å². The molecule has 1 aliphatic heterocycles. The fourth-order valence-electron chi connectivity index (χ4n) is 2.83. The highest BCUT2D eigenvalue weighted by Crippen LogP contribution is 2.15. The summed E-state index contributed by atoms with van der Waals surface area (Å²) in [5.74, 6) is 0.936. The molecule has 1 aliphatic rings. The minimum Gasteiger partial charge on any atom is -0.497 e. The van der Waals surface area contributed by atoms with Crippen molar-refractivity contribution in [1.29, 1.82) is 0 Å². The van der Waals surface area contributed by atoms with E-state index in [1.54, 1.807) is 7.11 Å². The zero-order valence-electron chi connectivity index (χ0n) is 13.1. The predicted octanol–water partition coefficient (Wildman–Crippen LogP) is 2.70. The average molecular weight is 276 g/mol. The summed E-state index contributed by atoms with van der Waals surface area (Å²) >= 11 is 0. The van der Waals surface area contributed by atoms with Crippen molar-refractivity contribution in [1.82, 2.24) is 10.2 Å². The summed E-state index contributed by atoms with van der Waals surface area (Å²) in [4.78, 5) is 2.49. The van der Waals surface area contributed by atoms with Crippen molar-refractivity contribution in [2.75, 3.05) is 27.2 Å². The van der Waals surface area contributed by atoms with Crippen LogP contribution in [-0.2, 0) is 6.42 Å². The first-order valence-corrected chi connectivity index (χ1v) is 7.75. The van der Waals surface area contributed by atoms with Gasteiger partial charge >= 0.3 is 0 Å². The molecular formula is C17H28N2O. The molecule has 0 aliphatic carbocycles. The molecule has 112 valence electrons. The summed E-state index contributed by atoms with van der Waals surface area (Å²) in [6, 6.07) is 9.76. The highest BCUT2D eigenvalue weighted by atomic mass is 16.5. The van der Waals surface area contributed by atoms with Crippen LogP contribution < -0.4 is 10.1 Å². The quantitative estimate of drug-likeness (QED) is 0.828. The first kappa shape index (κ1) is 15.3. The summed E-state index contributed by atoms with van der Waals surface area (Å²) in [6.45, 7) is 4.70. The van der Waals surface area contributed by atoms with Crippen molar-refractivity contribution in [3.8, 4) is 5.75 Å². The molecule has 0 bridgehead atoms. The molecule has 3 nitrogen and oxygen atoms in total. The Hall–Kier alpha value is -1.06. The number of ether oxygens (including phenoxy) is 1. The minimum atomic E-state index is 0.625. The van der Waals surface area contributed by atoms with Crippen LogP contribution in [0.2, 0.25) is 0 Å². The van der Waals surface area contributed by atoms with Gasteiger partial charge in [0.15, 0.2) is 0 Å². The minimum absolute atomic E-state index is 0.625. The van der Waals surface area contributed by atoms with E-state index < -0.39 is 0 Å². The molecule has 20 heavy (non-hydrogen) atoms. The molecule has 1 N–H and O–H groups in total. The Labute approximate surface area is 123 Å². The van der Waals surface area contributed by atoms with Crippen LogP contribution >= 0.6 is 0 Å². The maximum Gasteiger partial charge on any atom is 0.118 e. The van der Waals surface area contributed by atoms with E-state index in [0.717, 1.165) is 12.2 Å². The van der Waals surface area contributed by atoms with Gasteiger partial charge in [-0.3, -0.25) is 0 Å². The van der Waals surface area contributed by atoms with Gasteiger partial charge in [-0.15, -0.1) is 0 Å². The number of methoxy groups -OCH3 is 1. The van der Waals surface area contributed by atoms with E-state index in [9.17, 15) is 0 Å². The van der Waals surface area contributed by atoms with E-state index in [-0.39, 0.29) is 0 Å². The lowest BCUT2D eigenvalue weighted by Gasteiger charge is -2.27. The third-order valence-electron chi connectivity index (χ3n) is 4.43. The Morgan fingerprint density at radius 3 is 2.70 bits per heavy atom. The molecule has 1 fully saturated rings. The van der Waals surface area contributed by atoms with Crippen LogP contribution in [0.1, 0.15) is 31.7 Å². The average Bonchev–Trinajstić information content (AvgIpc) is 2.98. The lowest BCUT2D eigenvalue weighted by molar-refractivity contribution is 0.226. The Morgan fingerprint density at radius 2 is 2.10 bits per heavy atom. The number of nitrogens with zero attached hydrogens (tertiary/aromatic N) is 1. The SMILES string of the molecule is COc1ccc(CCC(C)N(C)CC2CCCN2)cc1. The summed E-state index contributed by atoms with van der Waals surface area (Å²) < 4.78 is 5.19. The fraction of sp³-hybridized carbons (Fsp3) is 0.647. The number of rotatable bonds is 7. The lowest BCUT2D eigenvalue weighted by Crippen LogP contribution is -2.40. The molecular weight excluding hydrogens is 248 g/mol. The number of nitrogens with one attached hydrogen (secondary N) is 1. The van der Waals surface area contributed by atoms with E-state index in [0.29, 0.717) is 12.1 Å². The van der Waals surface area contributed by atoms with Crippen molar-refractivity contribution in [2.24, 2.45) is 0 Å². The van der Waals surface area contributed by atoms with Crippen molar-refractivity contribution < 1.29 is 4.74 Å². The molecule has 0 amide bonds. The molecule has 1 aromatic carbocycles. The summed E-state index contributed by atoms with van der Waals surface area (Å²) in [5, 5.41) is 3.57. The van der Waals surface area contributed by atoms with E-state index in [2.05, 4.69) is 36.3 Å². The Kier molecular flexibility index (Phi) is 5.86. The molecule has 2 unspecified atom stereocenters. The van der Waals surface area contributed by atoms with Gasteiger partial charge in [-0.2, -0.15) is 0 Å². The number of hydrogen-bond donors (Lipinski definition) is 1. The van der Waals surface area contributed by atoms with Crippen molar-refractivity contribution in [3.05, 3.63) is 29.8 Å². The largest absolute Gasteiger partial charge is 0.497 e. The van der Waals surface area contributed by atoms with Crippen LogP contribution in [0.5, 0.6) is 5.75 Å². The maximum atomic E-state index is 5.19. The second kappa shape index (κ2) is 7.65. The van der Waals surface area contributed by atoms with Crippen LogP contribution in [0, 0.1) is 0 Å². The third kappa shape index (κ3) is 4.50. The second-order valence-electron chi connectivity index (χ2n) is 5.97. The van der Waals surface area contributed by atoms with Gasteiger partial charge in [-0.05, 0) is 63.9 Å². The summed E-state index contributed by atoms with van der Waals surface area (Å²) in [5.41, 5.74) is 1.39.